The zero-order chi connectivity index (χ0) is 27.5. The lowest BCUT2D eigenvalue weighted by molar-refractivity contribution is -0.329. The summed E-state index contributed by atoms with van der Waals surface area (Å²) in [6.07, 6.45) is -5.33. The third-order valence-corrected chi connectivity index (χ3v) is 7.07. The third kappa shape index (κ3) is 5.38. The van der Waals surface area contributed by atoms with Crippen molar-refractivity contribution in [2.24, 2.45) is 5.16 Å². The fourth-order valence-electron chi connectivity index (χ4n) is 4.63. The molecule has 4 rings (SSSR count). The topological polar surface area (TPSA) is 136 Å². The molecule has 11 heteroatoms. The summed E-state index contributed by atoms with van der Waals surface area (Å²) in [5.74, 6) is -1.81. The van der Waals surface area contributed by atoms with Gasteiger partial charge in [0.2, 0.25) is 5.79 Å². The second-order valence-corrected chi connectivity index (χ2v) is 9.66. The molecule has 0 spiro atoms. The lowest BCUT2D eigenvalue weighted by atomic mass is 9.83. The van der Waals surface area contributed by atoms with E-state index in [-0.39, 0.29) is 13.2 Å². The van der Waals surface area contributed by atoms with E-state index in [4.69, 9.17) is 35.4 Å². The smallest absolute Gasteiger partial charge is 0.435 e. The molecule has 2 aliphatic rings. The first-order chi connectivity index (χ1) is 18.2. The zero-order valence-electron chi connectivity index (χ0n) is 21.4. The first kappa shape index (κ1) is 28.3. The van der Waals surface area contributed by atoms with Gasteiger partial charge >= 0.3 is 6.16 Å². The maximum Gasteiger partial charge on any atom is 0.508 e. The van der Waals surface area contributed by atoms with Gasteiger partial charge in [-0.05, 0) is 56.0 Å². The Bertz CT molecular complexity index is 1170. The van der Waals surface area contributed by atoms with Crippen LogP contribution in [0.25, 0.3) is 0 Å². The fourth-order valence-corrected chi connectivity index (χ4v) is 4.81. The molecule has 2 aromatic carbocycles. The molecule has 5 atom stereocenters. The van der Waals surface area contributed by atoms with Crippen LogP contribution < -0.4 is 0 Å². The second kappa shape index (κ2) is 11.6. The first-order valence-electron chi connectivity index (χ1n) is 12.4. The fraction of sp³-hybridized carbons (Fsp3) is 0.481. The van der Waals surface area contributed by atoms with Crippen molar-refractivity contribution in [1.29, 1.82) is 0 Å². The predicted octanol–water partition coefficient (Wildman–Crippen LogP) is 2.90. The molecule has 2 aliphatic heterocycles. The van der Waals surface area contributed by atoms with Crippen molar-refractivity contribution in [1.82, 2.24) is 0 Å². The minimum absolute atomic E-state index is 0.105. The van der Waals surface area contributed by atoms with E-state index in [1.807, 2.05) is 38.1 Å². The molecule has 0 saturated carbocycles. The van der Waals surface area contributed by atoms with Gasteiger partial charge in [-0.1, -0.05) is 47.1 Å². The summed E-state index contributed by atoms with van der Waals surface area (Å²) in [6.45, 7) is 5.26. The van der Waals surface area contributed by atoms with Crippen molar-refractivity contribution < 1.29 is 43.9 Å². The van der Waals surface area contributed by atoms with Gasteiger partial charge in [-0.2, -0.15) is 0 Å². The number of oxime groups is 1. The van der Waals surface area contributed by atoms with E-state index in [0.29, 0.717) is 23.6 Å². The average molecular weight is 550 g/mol. The second-order valence-electron chi connectivity index (χ2n) is 9.25. The molecule has 206 valence electrons. The van der Waals surface area contributed by atoms with Gasteiger partial charge in [-0.15, -0.1) is 0 Å². The molecule has 2 bridgehead atoms. The average Bonchev–Trinajstić information content (AvgIpc) is 3.30. The number of hydrogen-bond donors (Lipinski definition) is 3. The van der Waals surface area contributed by atoms with Crippen LogP contribution >= 0.6 is 11.6 Å². The predicted molar refractivity (Wildman–Crippen MR) is 137 cm³/mol. The van der Waals surface area contributed by atoms with Gasteiger partial charge in [0.25, 0.3) is 0 Å². The van der Waals surface area contributed by atoms with E-state index < -0.39 is 42.5 Å². The summed E-state index contributed by atoms with van der Waals surface area (Å²) in [5, 5.41) is 36.9. The number of carbonyl (C=O) groups is 1. The van der Waals surface area contributed by atoms with Crippen molar-refractivity contribution in [3.05, 3.63) is 69.7 Å². The normalized spacial score (nSPS) is 28.7. The van der Waals surface area contributed by atoms with Gasteiger partial charge in [0, 0.05) is 10.6 Å². The number of aliphatic hydroxyl groups excluding tert-OH is 3. The Morgan fingerprint density at radius 1 is 1.08 bits per heavy atom. The monoisotopic (exact) mass is 549 g/mol. The van der Waals surface area contributed by atoms with Crippen molar-refractivity contribution in [3.8, 4) is 0 Å². The minimum Gasteiger partial charge on any atom is -0.435 e. The van der Waals surface area contributed by atoms with Gasteiger partial charge in [0.1, 0.15) is 31.5 Å². The molecule has 0 aliphatic carbocycles. The first-order valence-corrected chi connectivity index (χ1v) is 12.8. The maximum atomic E-state index is 11.8. The van der Waals surface area contributed by atoms with Crippen LogP contribution in [0, 0.1) is 0 Å². The summed E-state index contributed by atoms with van der Waals surface area (Å²) in [7, 11) is 0. The number of ether oxygens (including phenoxy) is 4. The maximum absolute atomic E-state index is 11.8. The molecule has 2 fully saturated rings. The molecule has 10 nitrogen and oxygen atoms in total. The number of rotatable bonds is 9. The van der Waals surface area contributed by atoms with Crippen LogP contribution in [0.2, 0.25) is 5.02 Å². The van der Waals surface area contributed by atoms with Crippen LogP contribution in [-0.4, -0.2) is 77.5 Å². The van der Waals surface area contributed by atoms with Crippen LogP contribution in [0.4, 0.5) is 4.79 Å². The molecule has 3 N–H and O–H groups in total. The quantitative estimate of drug-likeness (QED) is 0.245. The molecular weight excluding hydrogens is 518 g/mol. The van der Waals surface area contributed by atoms with Gasteiger partial charge in [-0.3, -0.25) is 0 Å². The standard InChI is InChI=1S/C27H32ClNO9/c1-4-34-25(33)35-14-26-15-36-27(38-26,24(32)22(30)23(26)31)20-10-11-21(28)19(13-20)12-17-6-8-18(9-7-17)16(3)29-37-5-2/h6-11,13,22-24,30-32H,4-5,12,14-15H2,1-3H3/t22-,23-,24+,26-,27-/m0/s1. The van der Waals surface area contributed by atoms with E-state index in [2.05, 4.69) is 5.16 Å². The van der Waals surface area contributed by atoms with Gasteiger partial charge in [0.15, 0.2) is 5.60 Å². The van der Waals surface area contributed by atoms with E-state index in [1.54, 1.807) is 25.1 Å². The number of nitrogens with zero attached hydrogens (tertiary/aromatic N) is 1. The summed E-state index contributed by atoms with van der Waals surface area (Å²) < 4.78 is 21.9. The SMILES string of the molecule is CCON=C(C)c1ccc(Cc2cc([C@]34OC[C@](COC(=O)OCC)(O3)[C@@H](O)[C@H](O)[C@H]4O)ccc2Cl)cc1. The van der Waals surface area contributed by atoms with Crippen molar-refractivity contribution in [3.63, 3.8) is 0 Å². The zero-order valence-corrected chi connectivity index (χ0v) is 22.2. The minimum atomic E-state index is -1.81. The Balaban J connectivity index is 1.59. The molecular formula is C27H32ClNO9. The Morgan fingerprint density at radius 3 is 2.50 bits per heavy atom. The summed E-state index contributed by atoms with van der Waals surface area (Å²) in [5.41, 5.74) is 2.17. The highest BCUT2D eigenvalue weighted by molar-refractivity contribution is 6.31. The Morgan fingerprint density at radius 2 is 1.82 bits per heavy atom. The van der Waals surface area contributed by atoms with Gasteiger partial charge < -0.3 is 39.1 Å². The Labute approximate surface area is 225 Å². The van der Waals surface area contributed by atoms with Crippen LogP contribution in [0.3, 0.4) is 0 Å². The summed E-state index contributed by atoms with van der Waals surface area (Å²) >= 11 is 6.51. The van der Waals surface area contributed by atoms with E-state index in [1.165, 1.54) is 0 Å². The van der Waals surface area contributed by atoms with Gasteiger partial charge in [0.05, 0.1) is 18.9 Å². The molecule has 0 radical (unpaired) electrons. The van der Waals surface area contributed by atoms with E-state index >= 15 is 0 Å². The highest BCUT2D eigenvalue weighted by Crippen LogP contribution is 2.50. The number of fused-ring (bicyclic) bond motifs is 2. The van der Waals surface area contributed by atoms with Crippen molar-refractivity contribution in [2.45, 2.75) is 56.9 Å². The van der Waals surface area contributed by atoms with E-state index in [9.17, 15) is 20.1 Å². The summed E-state index contributed by atoms with van der Waals surface area (Å²) in [4.78, 5) is 16.9. The highest BCUT2D eigenvalue weighted by atomic mass is 35.5. The molecule has 2 heterocycles. The van der Waals surface area contributed by atoms with Crippen LogP contribution in [0.1, 0.15) is 43.0 Å². The van der Waals surface area contributed by atoms with Gasteiger partial charge in [-0.25, -0.2) is 4.79 Å². The lowest BCUT2D eigenvalue weighted by Crippen LogP contribution is -2.65. The number of aliphatic hydroxyl groups is 3. The molecule has 2 saturated heterocycles. The van der Waals surface area contributed by atoms with Crippen molar-refractivity contribution in [2.75, 3.05) is 26.4 Å². The summed E-state index contributed by atoms with van der Waals surface area (Å²) in [6, 6.07) is 12.8. The largest absolute Gasteiger partial charge is 0.508 e. The molecule has 0 unspecified atom stereocenters. The number of hydrogen-bond acceptors (Lipinski definition) is 10. The van der Waals surface area contributed by atoms with Crippen LogP contribution in [0.5, 0.6) is 0 Å². The molecule has 0 aromatic heterocycles. The molecule has 38 heavy (non-hydrogen) atoms. The van der Waals surface area contributed by atoms with Crippen molar-refractivity contribution >= 4 is 23.5 Å². The third-order valence-electron chi connectivity index (χ3n) is 6.70. The number of halogens is 1. The Hall–Kier alpha value is -2.73. The highest BCUT2D eigenvalue weighted by Gasteiger charge is 2.67. The lowest BCUT2D eigenvalue weighted by Gasteiger charge is -2.46. The molecule has 0 amide bonds. The van der Waals surface area contributed by atoms with Crippen LogP contribution in [-0.2, 0) is 36.0 Å². The van der Waals surface area contributed by atoms with Crippen LogP contribution in [0.15, 0.2) is 47.6 Å². The van der Waals surface area contributed by atoms with E-state index in [0.717, 1.165) is 22.4 Å². The Kier molecular flexibility index (Phi) is 8.61. The molecule has 2 aromatic rings. The number of benzene rings is 2. The number of carbonyl (C=O) groups excluding carboxylic acids is 1.